The summed E-state index contributed by atoms with van der Waals surface area (Å²) in [7, 11) is 0. The highest BCUT2D eigenvalue weighted by atomic mass is 16.6. The van der Waals surface area contributed by atoms with Crippen molar-refractivity contribution in [3.63, 3.8) is 0 Å². The van der Waals surface area contributed by atoms with Crippen LogP contribution in [0, 0.1) is 6.92 Å². The predicted octanol–water partition coefficient (Wildman–Crippen LogP) is 0.121. The molecule has 2 aromatic heterocycles. The molecule has 0 bridgehead atoms. The predicted molar refractivity (Wildman–Crippen MR) is 94.0 cm³/mol. The zero-order chi connectivity index (χ0) is 19.1. The van der Waals surface area contributed by atoms with Gasteiger partial charge in [-0.15, -0.1) is 0 Å². The van der Waals surface area contributed by atoms with E-state index in [1.807, 2.05) is 25.1 Å². The fourth-order valence-electron chi connectivity index (χ4n) is 3.03. The molecule has 0 amide bonds. The zero-order valence-electron chi connectivity index (χ0n) is 14.4. The SMILES string of the molecule is Cc1ccccc1Oc1nc(N)c2ncn([C@@H]3O[C@H](CO)[C@@H](O)[C@H]3O)c2n1. The number of nitrogen functional groups attached to an aromatic ring is 1. The molecule has 1 saturated heterocycles. The summed E-state index contributed by atoms with van der Waals surface area (Å²) in [6, 6.07) is 7.40. The molecule has 1 aliphatic heterocycles. The number of ether oxygens (including phenoxy) is 2. The molecule has 0 radical (unpaired) electrons. The summed E-state index contributed by atoms with van der Waals surface area (Å²) in [6.45, 7) is 1.46. The Hall–Kier alpha value is -2.79. The third-order valence-corrected chi connectivity index (χ3v) is 4.51. The molecule has 5 N–H and O–H groups in total. The highest BCUT2D eigenvalue weighted by Crippen LogP contribution is 2.33. The van der Waals surface area contributed by atoms with Crippen LogP contribution in [-0.4, -0.2) is 59.8 Å². The number of rotatable bonds is 4. The van der Waals surface area contributed by atoms with Gasteiger partial charge in [0.2, 0.25) is 0 Å². The molecule has 3 heterocycles. The van der Waals surface area contributed by atoms with Gasteiger partial charge in [-0.25, -0.2) is 4.98 Å². The number of nitrogens with two attached hydrogens (primary N) is 1. The van der Waals surface area contributed by atoms with Gasteiger partial charge in [0.1, 0.15) is 24.1 Å². The van der Waals surface area contributed by atoms with Crippen molar-refractivity contribution in [2.24, 2.45) is 0 Å². The number of nitrogens with zero attached hydrogens (tertiary/aromatic N) is 4. The second kappa shape index (κ2) is 6.74. The van der Waals surface area contributed by atoms with E-state index in [-0.39, 0.29) is 17.5 Å². The van der Waals surface area contributed by atoms with Crippen molar-refractivity contribution in [2.45, 2.75) is 31.5 Å². The molecule has 3 aromatic rings. The van der Waals surface area contributed by atoms with Crippen molar-refractivity contribution < 1.29 is 24.8 Å². The minimum Gasteiger partial charge on any atom is -0.424 e. The minimum absolute atomic E-state index is 0.0165. The van der Waals surface area contributed by atoms with Crippen LogP contribution in [0.3, 0.4) is 0 Å². The molecule has 4 atom stereocenters. The first-order valence-corrected chi connectivity index (χ1v) is 8.35. The minimum atomic E-state index is -1.27. The molecule has 1 aromatic carbocycles. The van der Waals surface area contributed by atoms with Crippen LogP contribution in [0.2, 0.25) is 0 Å². The second-order valence-electron chi connectivity index (χ2n) is 6.31. The molecular weight excluding hydrogens is 354 g/mol. The standard InChI is InChI=1S/C17H19N5O5/c1-8-4-2-3-5-9(8)27-17-20-14(18)11-15(21-17)22(7-19-11)16-13(25)12(24)10(6-23)26-16/h2-5,7,10,12-13,16,23-25H,6H2,1H3,(H2,18,20,21)/t10-,12-,13-,16-/m1/s1. The molecule has 1 fully saturated rings. The Morgan fingerprint density at radius 3 is 2.70 bits per heavy atom. The van der Waals surface area contributed by atoms with Gasteiger partial charge in [-0.1, -0.05) is 18.2 Å². The number of aliphatic hydroxyl groups is 3. The Bertz CT molecular complexity index is 978. The van der Waals surface area contributed by atoms with Gasteiger partial charge in [-0.2, -0.15) is 9.97 Å². The lowest BCUT2D eigenvalue weighted by Gasteiger charge is -2.16. The van der Waals surface area contributed by atoms with Gasteiger partial charge in [0, 0.05) is 0 Å². The molecule has 0 unspecified atom stereocenters. The van der Waals surface area contributed by atoms with Crippen LogP contribution in [0.5, 0.6) is 11.8 Å². The van der Waals surface area contributed by atoms with Crippen molar-refractivity contribution in [3.05, 3.63) is 36.2 Å². The van der Waals surface area contributed by atoms with Gasteiger partial charge in [0.15, 0.2) is 23.2 Å². The number of para-hydroxylation sites is 1. The van der Waals surface area contributed by atoms with Crippen LogP contribution < -0.4 is 10.5 Å². The quantitative estimate of drug-likeness (QED) is 0.500. The molecule has 10 nitrogen and oxygen atoms in total. The largest absolute Gasteiger partial charge is 0.424 e. The van der Waals surface area contributed by atoms with E-state index in [2.05, 4.69) is 15.0 Å². The van der Waals surface area contributed by atoms with Crippen molar-refractivity contribution in [2.75, 3.05) is 12.3 Å². The third kappa shape index (κ3) is 2.98. The van der Waals surface area contributed by atoms with E-state index in [1.54, 1.807) is 6.07 Å². The number of imidazole rings is 1. The first-order valence-electron chi connectivity index (χ1n) is 8.35. The van der Waals surface area contributed by atoms with Gasteiger partial charge >= 0.3 is 6.01 Å². The summed E-state index contributed by atoms with van der Waals surface area (Å²) < 4.78 is 12.7. The maximum Gasteiger partial charge on any atom is 0.326 e. The Morgan fingerprint density at radius 1 is 1.22 bits per heavy atom. The van der Waals surface area contributed by atoms with E-state index >= 15 is 0 Å². The fraction of sp³-hybridized carbons (Fsp3) is 0.353. The number of hydrogen-bond acceptors (Lipinski definition) is 9. The number of hydrogen-bond donors (Lipinski definition) is 4. The average Bonchev–Trinajstić information content (AvgIpc) is 3.19. The van der Waals surface area contributed by atoms with Crippen LogP contribution in [-0.2, 0) is 4.74 Å². The van der Waals surface area contributed by atoms with Gasteiger partial charge in [-0.05, 0) is 18.6 Å². The molecule has 1 aliphatic rings. The zero-order valence-corrected chi connectivity index (χ0v) is 14.4. The third-order valence-electron chi connectivity index (χ3n) is 4.51. The molecule has 142 valence electrons. The van der Waals surface area contributed by atoms with Gasteiger partial charge in [-0.3, -0.25) is 4.57 Å². The highest BCUT2D eigenvalue weighted by molar-refractivity contribution is 5.82. The lowest BCUT2D eigenvalue weighted by Crippen LogP contribution is -2.33. The monoisotopic (exact) mass is 373 g/mol. The van der Waals surface area contributed by atoms with Crippen LogP contribution >= 0.6 is 0 Å². The van der Waals surface area contributed by atoms with Crippen LogP contribution in [0.1, 0.15) is 11.8 Å². The Kier molecular flexibility index (Phi) is 4.40. The number of aryl methyl sites for hydroxylation is 1. The van der Waals surface area contributed by atoms with Gasteiger partial charge in [0.25, 0.3) is 0 Å². The first-order chi connectivity index (χ1) is 13.0. The number of anilines is 1. The molecular formula is C17H19N5O5. The molecule has 0 spiro atoms. The Labute approximate surface area is 153 Å². The van der Waals surface area contributed by atoms with Gasteiger partial charge in [0.05, 0.1) is 12.9 Å². The van der Waals surface area contributed by atoms with Crippen LogP contribution in [0.4, 0.5) is 5.82 Å². The number of benzene rings is 1. The molecule has 27 heavy (non-hydrogen) atoms. The Balaban J connectivity index is 1.74. The molecule has 0 saturated carbocycles. The van der Waals surface area contributed by atoms with Crippen LogP contribution in [0.15, 0.2) is 30.6 Å². The van der Waals surface area contributed by atoms with E-state index in [4.69, 9.17) is 15.2 Å². The van der Waals surface area contributed by atoms with E-state index in [0.717, 1.165) is 5.56 Å². The summed E-state index contributed by atoms with van der Waals surface area (Å²) in [6.07, 6.45) is -3.02. The maximum absolute atomic E-state index is 10.3. The number of aromatic nitrogens is 4. The maximum atomic E-state index is 10.3. The van der Waals surface area contributed by atoms with Gasteiger partial charge < -0.3 is 30.5 Å². The second-order valence-corrected chi connectivity index (χ2v) is 6.31. The summed E-state index contributed by atoms with van der Waals surface area (Å²) >= 11 is 0. The highest BCUT2D eigenvalue weighted by Gasteiger charge is 2.44. The molecule has 0 aliphatic carbocycles. The van der Waals surface area contributed by atoms with Crippen molar-refractivity contribution in [3.8, 4) is 11.8 Å². The smallest absolute Gasteiger partial charge is 0.326 e. The van der Waals surface area contributed by atoms with Crippen molar-refractivity contribution in [1.29, 1.82) is 0 Å². The molecule has 10 heteroatoms. The molecule has 4 rings (SSSR count). The average molecular weight is 373 g/mol. The van der Waals surface area contributed by atoms with E-state index < -0.39 is 31.1 Å². The lowest BCUT2D eigenvalue weighted by molar-refractivity contribution is -0.0511. The number of aliphatic hydroxyl groups excluding tert-OH is 3. The van der Waals surface area contributed by atoms with Crippen molar-refractivity contribution >= 4 is 17.0 Å². The fourth-order valence-corrected chi connectivity index (χ4v) is 3.03. The topological polar surface area (TPSA) is 149 Å². The summed E-state index contributed by atoms with van der Waals surface area (Å²) in [5.74, 6) is 0.685. The van der Waals surface area contributed by atoms with E-state index in [9.17, 15) is 15.3 Å². The van der Waals surface area contributed by atoms with Crippen LogP contribution in [0.25, 0.3) is 11.2 Å². The summed E-state index contributed by atoms with van der Waals surface area (Å²) in [5.41, 5.74) is 7.46. The normalized spacial score (nSPS) is 25.2. The summed E-state index contributed by atoms with van der Waals surface area (Å²) in [5, 5.41) is 29.5. The number of fused-ring (bicyclic) bond motifs is 1. The van der Waals surface area contributed by atoms with E-state index in [0.29, 0.717) is 11.3 Å². The van der Waals surface area contributed by atoms with Crippen molar-refractivity contribution in [1.82, 2.24) is 19.5 Å². The van der Waals surface area contributed by atoms with E-state index in [1.165, 1.54) is 10.9 Å². The Morgan fingerprint density at radius 2 is 2.00 bits per heavy atom. The first kappa shape index (κ1) is 17.6. The lowest BCUT2D eigenvalue weighted by atomic mass is 10.1. The summed E-state index contributed by atoms with van der Waals surface area (Å²) in [4.78, 5) is 12.6.